The molecule has 0 bridgehead atoms. The minimum atomic E-state index is -0.969. The molecule has 6 heteroatoms. The molecular weight excluding hydrogens is 281 g/mol. The lowest BCUT2D eigenvalue weighted by atomic mass is 10.2. The summed E-state index contributed by atoms with van der Waals surface area (Å²) < 4.78 is 14.0. The predicted octanol–water partition coefficient (Wildman–Crippen LogP) is 2.73. The Kier molecular flexibility index (Phi) is 3.17. The van der Waals surface area contributed by atoms with Crippen molar-refractivity contribution in [3.05, 3.63) is 35.0 Å². The van der Waals surface area contributed by atoms with E-state index in [1.165, 1.54) is 28.4 Å². The molecule has 1 N–H and O–H groups in total. The Morgan fingerprint density at radius 3 is 2.90 bits per heavy atom. The Bertz CT molecular complexity index is 697. The van der Waals surface area contributed by atoms with Gasteiger partial charge < -0.3 is 10.0 Å². The number of rotatable bonds is 2. The fourth-order valence-corrected chi connectivity index (χ4v) is 3.53. The molecule has 4 nitrogen and oxygen atoms in total. The monoisotopic (exact) mass is 293 g/mol. The van der Waals surface area contributed by atoms with Crippen LogP contribution in [0.5, 0.6) is 0 Å². The van der Waals surface area contributed by atoms with Gasteiger partial charge in [-0.25, -0.2) is 9.18 Å². The number of halogens is 1. The molecule has 0 spiro atoms. The highest BCUT2D eigenvalue weighted by atomic mass is 32.1. The summed E-state index contributed by atoms with van der Waals surface area (Å²) >= 11 is 1.26. The minimum Gasteiger partial charge on any atom is -0.480 e. The van der Waals surface area contributed by atoms with Crippen LogP contribution >= 0.6 is 11.3 Å². The van der Waals surface area contributed by atoms with Crippen LogP contribution in [0.4, 0.5) is 4.39 Å². The highest BCUT2D eigenvalue weighted by Crippen LogP contribution is 2.29. The second-order valence-electron chi connectivity index (χ2n) is 4.79. The third-order valence-electron chi connectivity index (χ3n) is 3.49. The van der Waals surface area contributed by atoms with E-state index in [9.17, 15) is 14.0 Å². The summed E-state index contributed by atoms with van der Waals surface area (Å²) in [6.45, 7) is 0.457. The molecule has 1 amide bonds. The van der Waals surface area contributed by atoms with E-state index in [2.05, 4.69) is 0 Å². The van der Waals surface area contributed by atoms with E-state index in [1.54, 1.807) is 12.1 Å². The Morgan fingerprint density at radius 2 is 2.15 bits per heavy atom. The maximum Gasteiger partial charge on any atom is 0.326 e. The summed E-state index contributed by atoms with van der Waals surface area (Å²) in [5.41, 5.74) is 0. The molecule has 1 aromatic carbocycles. The first-order valence-corrected chi connectivity index (χ1v) is 7.11. The Morgan fingerprint density at radius 1 is 1.35 bits per heavy atom. The lowest BCUT2D eigenvalue weighted by Crippen LogP contribution is -2.40. The van der Waals surface area contributed by atoms with Crippen LogP contribution in [0.3, 0.4) is 0 Å². The van der Waals surface area contributed by atoms with Crippen molar-refractivity contribution in [2.75, 3.05) is 6.54 Å². The van der Waals surface area contributed by atoms with Crippen LogP contribution < -0.4 is 0 Å². The van der Waals surface area contributed by atoms with Crippen LogP contribution in [0.25, 0.3) is 10.1 Å². The number of hydrogen-bond acceptors (Lipinski definition) is 3. The van der Waals surface area contributed by atoms with E-state index >= 15 is 0 Å². The summed E-state index contributed by atoms with van der Waals surface area (Å²) in [4.78, 5) is 25.4. The molecule has 1 aromatic heterocycles. The molecule has 1 aliphatic heterocycles. The summed E-state index contributed by atoms with van der Waals surface area (Å²) in [7, 11) is 0. The maximum atomic E-state index is 13.1. The highest BCUT2D eigenvalue weighted by Gasteiger charge is 2.34. The average Bonchev–Trinajstić information content (AvgIpc) is 3.03. The maximum absolute atomic E-state index is 13.1. The summed E-state index contributed by atoms with van der Waals surface area (Å²) in [6, 6.07) is 5.24. The van der Waals surface area contributed by atoms with Gasteiger partial charge in [-0.2, -0.15) is 0 Å². The summed E-state index contributed by atoms with van der Waals surface area (Å²) in [5, 5.41) is 9.79. The molecule has 1 unspecified atom stereocenters. The fraction of sp³-hybridized carbons (Fsp3) is 0.286. The second-order valence-corrected chi connectivity index (χ2v) is 5.87. The average molecular weight is 293 g/mol. The Labute approximate surface area is 118 Å². The topological polar surface area (TPSA) is 57.6 Å². The zero-order chi connectivity index (χ0) is 14.3. The van der Waals surface area contributed by atoms with Gasteiger partial charge >= 0.3 is 5.97 Å². The van der Waals surface area contributed by atoms with Gasteiger partial charge in [0.25, 0.3) is 5.91 Å². The summed E-state index contributed by atoms with van der Waals surface area (Å²) in [6.07, 6.45) is 1.18. The van der Waals surface area contributed by atoms with Crippen LogP contribution in [0.15, 0.2) is 24.3 Å². The molecule has 2 aromatic rings. The zero-order valence-corrected chi connectivity index (χ0v) is 11.3. The predicted molar refractivity (Wildman–Crippen MR) is 73.5 cm³/mol. The minimum absolute atomic E-state index is 0.281. The number of carbonyl (C=O) groups excluding carboxylic acids is 1. The number of carbonyl (C=O) groups is 2. The number of likely N-dealkylation sites (tertiary alicyclic amines) is 1. The lowest BCUT2D eigenvalue weighted by molar-refractivity contribution is -0.141. The van der Waals surface area contributed by atoms with E-state index in [-0.39, 0.29) is 11.7 Å². The molecule has 1 atom stereocenters. The van der Waals surface area contributed by atoms with Gasteiger partial charge in [0, 0.05) is 11.2 Å². The Balaban J connectivity index is 1.94. The lowest BCUT2D eigenvalue weighted by Gasteiger charge is -2.20. The van der Waals surface area contributed by atoms with Crippen molar-refractivity contribution < 1.29 is 19.1 Å². The number of aliphatic carboxylic acids is 1. The molecule has 1 saturated heterocycles. The Hall–Kier alpha value is -1.95. The van der Waals surface area contributed by atoms with Crippen molar-refractivity contribution in [2.45, 2.75) is 18.9 Å². The third-order valence-corrected chi connectivity index (χ3v) is 4.59. The first kappa shape index (κ1) is 13.1. The van der Waals surface area contributed by atoms with E-state index in [4.69, 9.17) is 5.11 Å². The first-order valence-electron chi connectivity index (χ1n) is 6.29. The molecule has 104 valence electrons. The van der Waals surface area contributed by atoms with Crippen molar-refractivity contribution in [2.24, 2.45) is 0 Å². The van der Waals surface area contributed by atoms with E-state index in [1.807, 2.05) is 0 Å². The van der Waals surface area contributed by atoms with Gasteiger partial charge in [0.05, 0.1) is 4.88 Å². The normalized spacial score (nSPS) is 18.6. The van der Waals surface area contributed by atoms with Gasteiger partial charge in [0.1, 0.15) is 11.9 Å². The smallest absolute Gasteiger partial charge is 0.326 e. The molecule has 2 heterocycles. The number of hydrogen-bond donors (Lipinski definition) is 1. The number of thiophene rings is 1. The van der Waals surface area contributed by atoms with Crippen LogP contribution in [-0.4, -0.2) is 34.5 Å². The number of carboxylic acids is 1. The van der Waals surface area contributed by atoms with Crippen molar-refractivity contribution >= 4 is 33.3 Å². The van der Waals surface area contributed by atoms with E-state index < -0.39 is 12.0 Å². The SMILES string of the molecule is O=C(O)C1CCCN1C(=O)c1cc2cc(F)ccc2s1. The van der Waals surface area contributed by atoms with Crippen molar-refractivity contribution in [3.8, 4) is 0 Å². The van der Waals surface area contributed by atoms with Crippen LogP contribution in [0, 0.1) is 5.82 Å². The third kappa shape index (κ3) is 2.16. The largest absolute Gasteiger partial charge is 0.480 e. The molecule has 1 fully saturated rings. The standard InChI is InChI=1S/C14H12FNO3S/c15-9-3-4-11-8(6-9)7-12(20-11)13(17)16-5-1-2-10(16)14(18)19/h3-4,6-7,10H,1-2,5H2,(H,18,19). The van der Waals surface area contributed by atoms with Crippen LogP contribution in [-0.2, 0) is 4.79 Å². The highest BCUT2D eigenvalue weighted by molar-refractivity contribution is 7.20. The molecular formula is C14H12FNO3S. The van der Waals surface area contributed by atoms with Crippen LogP contribution in [0.1, 0.15) is 22.5 Å². The quantitative estimate of drug-likeness (QED) is 0.926. The van der Waals surface area contributed by atoms with E-state index in [0.717, 1.165) is 4.70 Å². The number of amides is 1. The molecule has 20 heavy (non-hydrogen) atoms. The van der Waals surface area contributed by atoms with Crippen molar-refractivity contribution in [1.82, 2.24) is 4.90 Å². The number of nitrogens with zero attached hydrogens (tertiary/aromatic N) is 1. The number of fused-ring (bicyclic) bond motifs is 1. The molecule has 1 aliphatic rings. The molecule has 0 aliphatic carbocycles. The van der Waals surface area contributed by atoms with Crippen molar-refractivity contribution in [3.63, 3.8) is 0 Å². The molecule has 0 radical (unpaired) electrons. The van der Waals surface area contributed by atoms with Gasteiger partial charge in [-0.05, 0) is 42.5 Å². The number of benzene rings is 1. The van der Waals surface area contributed by atoms with Crippen LogP contribution in [0.2, 0.25) is 0 Å². The van der Waals surface area contributed by atoms with Gasteiger partial charge in [-0.15, -0.1) is 11.3 Å². The zero-order valence-electron chi connectivity index (χ0n) is 10.5. The van der Waals surface area contributed by atoms with Gasteiger partial charge in [-0.3, -0.25) is 4.79 Å². The van der Waals surface area contributed by atoms with Gasteiger partial charge in [0.15, 0.2) is 0 Å². The number of carboxylic acid groups (broad SMARTS) is 1. The molecule has 0 saturated carbocycles. The second kappa shape index (κ2) is 4.86. The first-order chi connectivity index (χ1) is 9.56. The fourth-order valence-electron chi connectivity index (χ4n) is 2.53. The van der Waals surface area contributed by atoms with Gasteiger partial charge in [0.2, 0.25) is 0 Å². The van der Waals surface area contributed by atoms with E-state index in [0.29, 0.717) is 29.6 Å². The van der Waals surface area contributed by atoms with Gasteiger partial charge in [-0.1, -0.05) is 0 Å². The molecule has 3 rings (SSSR count). The van der Waals surface area contributed by atoms with Crippen molar-refractivity contribution in [1.29, 1.82) is 0 Å². The summed E-state index contributed by atoms with van der Waals surface area (Å²) in [5.74, 6) is -1.60.